The van der Waals surface area contributed by atoms with Gasteiger partial charge in [-0.3, -0.25) is 14.4 Å². The number of phenolic OH excluding ortho intramolecular Hbond substituents is 2. The highest BCUT2D eigenvalue weighted by Gasteiger charge is 2.47. The molecule has 0 saturated carbocycles. The first kappa shape index (κ1) is 23.9. The van der Waals surface area contributed by atoms with Crippen LogP contribution in [-0.4, -0.2) is 57.0 Å². The summed E-state index contributed by atoms with van der Waals surface area (Å²) in [5.74, 6) is -2.62. The van der Waals surface area contributed by atoms with Crippen LogP contribution in [0.4, 0.5) is 0 Å². The lowest BCUT2D eigenvalue weighted by Crippen LogP contribution is -2.56. The summed E-state index contributed by atoms with van der Waals surface area (Å²) in [5.41, 5.74) is -1.62. The van der Waals surface area contributed by atoms with Crippen molar-refractivity contribution in [1.29, 1.82) is 0 Å². The first-order chi connectivity index (χ1) is 15.9. The average Bonchev–Trinajstić information content (AvgIpc) is 2.75. The molecule has 2 aromatic carbocycles. The zero-order valence-corrected chi connectivity index (χ0v) is 19.2. The van der Waals surface area contributed by atoms with Crippen LogP contribution < -0.4 is 0 Å². The zero-order chi connectivity index (χ0) is 24.9. The minimum Gasteiger partial charge on any atom is -0.507 e. The summed E-state index contributed by atoms with van der Waals surface area (Å²) in [7, 11) is 0. The highest BCUT2D eigenvalue weighted by Crippen LogP contribution is 2.43. The van der Waals surface area contributed by atoms with E-state index < -0.39 is 59.2 Å². The van der Waals surface area contributed by atoms with Crippen LogP contribution in [0, 0.1) is 0 Å². The molecule has 0 bridgehead atoms. The minimum atomic E-state index is -1.44. The molecular formula is C25H26O9. The largest absolute Gasteiger partial charge is 0.507 e. The molecule has 5 atom stereocenters. The second kappa shape index (κ2) is 8.50. The predicted molar refractivity (Wildman–Crippen MR) is 118 cm³/mol. The summed E-state index contributed by atoms with van der Waals surface area (Å²) in [6, 6.07) is 7.38. The van der Waals surface area contributed by atoms with Gasteiger partial charge >= 0.3 is 5.97 Å². The predicted octanol–water partition coefficient (Wildman–Crippen LogP) is 2.77. The van der Waals surface area contributed by atoms with Gasteiger partial charge in [-0.2, -0.15) is 0 Å². The van der Waals surface area contributed by atoms with Crippen LogP contribution in [-0.2, 0) is 19.0 Å². The SMILES string of the molecule is CC(=O)O[C@H]1[C@H](C)O[C@@H](O[C@@H](C)c2cc(O)c3c(c2O)C(=O)c2ccccc2C3=O)C[C@@]1(C)O. The van der Waals surface area contributed by atoms with E-state index in [9.17, 15) is 29.7 Å². The quantitative estimate of drug-likeness (QED) is 0.388. The third-order valence-corrected chi connectivity index (χ3v) is 6.25. The van der Waals surface area contributed by atoms with E-state index in [1.165, 1.54) is 32.0 Å². The fourth-order valence-electron chi connectivity index (χ4n) is 4.69. The fraction of sp³-hybridized carbons (Fsp3) is 0.400. The topological polar surface area (TPSA) is 140 Å². The normalized spacial score (nSPS) is 27.0. The first-order valence-electron chi connectivity index (χ1n) is 10.9. The number of aliphatic hydroxyl groups is 1. The molecule has 1 aliphatic carbocycles. The molecule has 0 spiro atoms. The molecule has 0 radical (unpaired) electrons. The van der Waals surface area contributed by atoms with Crippen LogP contribution in [0.1, 0.15) is 77.6 Å². The van der Waals surface area contributed by atoms with Crippen LogP contribution in [0.25, 0.3) is 0 Å². The number of hydrogen-bond donors (Lipinski definition) is 3. The summed E-state index contributed by atoms with van der Waals surface area (Å²) in [5, 5.41) is 32.4. The Morgan fingerprint density at radius 1 is 1.15 bits per heavy atom. The van der Waals surface area contributed by atoms with E-state index in [2.05, 4.69) is 0 Å². The van der Waals surface area contributed by atoms with E-state index in [1.807, 2.05) is 0 Å². The third-order valence-electron chi connectivity index (χ3n) is 6.25. The number of rotatable bonds is 4. The molecule has 4 rings (SSSR count). The molecule has 1 aliphatic heterocycles. The molecule has 0 unspecified atom stereocenters. The second-order valence-corrected chi connectivity index (χ2v) is 8.93. The van der Waals surface area contributed by atoms with E-state index in [-0.39, 0.29) is 34.2 Å². The van der Waals surface area contributed by atoms with Crippen molar-refractivity contribution in [3.05, 3.63) is 58.1 Å². The van der Waals surface area contributed by atoms with Gasteiger partial charge < -0.3 is 29.5 Å². The Balaban J connectivity index is 1.63. The molecule has 180 valence electrons. The Hall–Kier alpha value is -3.27. The molecule has 1 heterocycles. The number of ketones is 2. The molecule has 9 heteroatoms. The van der Waals surface area contributed by atoms with Gasteiger partial charge in [-0.1, -0.05) is 24.3 Å². The van der Waals surface area contributed by atoms with Crippen molar-refractivity contribution in [2.24, 2.45) is 0 Å². The maximum atomic E-state index is 13.1. The van der Waals surface area contributed by atoms with E-state index in [1.54, 1.807) is 26.0 Å². The molecule has 2 aromatic rings. The fourth-order valence-corrected chi connectivity index (χ4v) is 4.69. The Bertz CT molecular complexity index is 1180. The van der Waals surface area contributed by atoms with E-state index in [0.29, 0.717) is 0 Å². The monoisotopic (exact) mass is 470 g/mol. The number of esters is 1. The molecule has 0 aromatic heterocycles. The van der Waals surface area contributed by atoms with Crippen molar-refractivity contribution in [2.45, 2.75) is 64.3 Å². The van der Waals surface area contributed by atoms with Crippen molar-refractivity contribution in [2.75, 3.05) is 0 Å². The van der Waals surface area contributed by atoms with Gasteiger partial charge in [0.1, 0.15) is 17.1 Å². The van der Waals surface area contributed by atoms with Gasteiger partial charge in [-0.25, -0.2) is 0 Å². The molecule has 2 aliphatic rings. The van der Waals surface area contributed by atoms with Crippen LogP contribution in [0.15, 0.2) is 30.3 Å². The lowest BCUT2D eigenvalue weighted by Gasteiger charge is -2.44. The van der Waals surface area contributed by atoms with Gasteiger partial charge in [0.05, 0.1) is 23.3 Å². The van der Waals surface area contributed by atoms with Gasteiger partial charge in [0.2, 0.25) is 0 Å². The van der Waals surface area contributed by atoms with Crippen LogP contribution in [0.5, 0.6) is 11.5 Å². The Kier molecular flexibility index (Phi) is 5.97. The summed E-state index contributed by atoms with van der Waals surface area (Å²) >= 11 is 0. The number of carbonyl (C=O) groups excluding carboxylic acids is 3. The third kappa shape index (κ3) is 3.96. The first-order valence-corrected chi connectivity index (χ1v) is 10.9. The molecular weight excluding hydrogens is 444 g/mol. The van der Waals surface area contributed by atoms with Gasteiger partial charge in [-0.05, 0) is 26.8 Å². The summed E-state index contributed by atoms with van der Waals surface area (Å²) in [4.78, 5) is 37.4. The molecule has 1 fully saturated rings. The Morgan fingerprint density at radius 3 is 2.29 bits per heavy atom. The number of aromatic hydroxyl groups is 2. The molecule has 9 nitrogen and oxygen atoms in total. The van der Waals surface area contributed by atoms with Gasteiger partial charge in [0.25, 0.3) is 0 Å². The van der Waals surface area contributed by atoms with Crippen molar-refractivity contribution >= 4 is 17.5 Å². The van der Waals surface area contributed by atoms with Crippen LogP contribution in [0.3, 0.4) is 0 Å². The standard InChI is InChI=1S/C25H26O9/c1-11(32-18-10-25(4,31)24(12(2)33-18)34-13(3)26)16-9-17(27)19-20(23(16)30)22(29)15-8-6-5-7-14(15)21(19)28/h5-9,11-12,18,24,27,30-31H,10H2,1-4H3/t11-,12-,18+,24-,25+/m0/s1. The number of hydrogen-bond acceptors (Lipinski definition) is 9. The van der Waals surface area contributed by atoms with Gasteiger partial charge in [0, 0.05) is 30.0 Å². The Labute approximate surface area is 195 Å². The van der Waals surface area contributed by atoms with Gasteiger partial charge in [0.15, 0.2) is 24.0 Å². The lowest BCUT2D eigenvalue weighted by atomic mass is 9.81. The van der Waals surface area contributed by atoms with Crippen molar-refractivity contribution in [3.8, 4) is 11.5 Å². The summed E-state index contributed by atoms with van der Waals surface area (Å²) in [6.07, 6.45) is -3.46. The summed E-state index contributed by atoms with van der Waals surface area (Å²) < 4.78 is 16.9. The van der Waals surface area contributed by atoms with Crippen LogP contribution in [0.2, 0.25) is 0 Å². The molecule has 34 heavy (non-hydrogen) atoms. The van der Waals surface area contributed by atoms with Crippen molar-refractivity contribution in [3.63, 3.8) is 0 Å². The van der Waals surface area contributed by atoms with Crippen molar-refractivity contribution < 1.29 is 43.9 Å². The number of benzene rings is 2. The van der Waals surface area contributed by atoms with Crippen molar-refractivity contribution in [1.82, 2.24) is 0 Å². The molecule has 3 N–H and O–H groups in total. The van der Waals surface area contributed by atoms with E-state index in [4.69, 9.17) is 14.2 Å². The minimum absolute atomic E-state index is 0.0396. The van der Waals surface area contributed by atoms with Gasteiger partial charge in [-0.15, -0.1) is 0 Å². The lowest BCUT2D eigenvalue weighted by molar-refractivity contribution is -0.286. The zero-order valence-electron chi connectivity index (χ0n) is 19.2. The maximum absolute atomic E-state index is 13.1. The number of carbonyl (C=O) groups is 3. The van der Waals surface area contributed by atoms with Crippen LogP contribution >= 0.6 is 0 Å². The number of fused-ring (bicyclic) bond motifs is 2. The highest BCUT2D eigenvalue weighted by molar-refractivity contribution is 6.30. The average molecular weight is 470 g/mol. The van der Waals surface area contributed by atoms with E-state index >= 15 is 0 Å². The highest BCUT2D eigenvalue weighted by atomic mass is 16.7. The summed E-state index contributed by atoms with van der Waals surface area (Å²) in [6.45, 7) is 5.95. The Morgan fingerprint density at radius 2 is 1.74 bits per heavy atom. The smallest absolute Gasteiger partial charge is 0.303 e. The maximum Gasteiger partial charge on any atom is 0.303 e. The number of ether oxygens (including phenoxy) is 3. The van der Waals surface area contributed by atoms with E-state index in [0.717, 1.165) is 0 Å². The number of phenols is 2. The second-order valence-electron chi connectivity index (χ2n) is 8.93. The molecule has 1 saturated heterocycles. The molecule has 0 amide bonds.